The molecule has 8 heteroatoms. The summed E-state index contributed by atoms with van der Waals surface area (Å²) in [5.74, 6) is 0. The van der Waals surface area contributed by atoms with Gasteiger partial charge in [0.05, 0.1) is 35.3 Å². The molecule has 6 nitrogen and oxygen atoms in total. The Morgan fingerprint density at radius 2 is 1.85 bits per heavy atom. The molecule has 2 aliphatic rings. The summed E-state index contributed by atoms with van der Waals surface area (Å²) < 4.78 is 0. The third-order valence-electron chi connectivity index (χ3n) is 6.01. The highest BCUT2D eigenvalue weighted by molar-refractivity contribution is 7.80. The molecule has 0 radical (unpaired) electrons. The Kier molecular flexibility index (Phi) is 6.89. The summed E-state index contributed by atoms with van der Waals surface area (Å²) in [6.45, 7) is 3.33. The van der Waals surface area contributed by atoms with Gasteiger partial charge in [0.1, 0.15) is 5.54 Å². The lowest BCUT2D eigenvalue weighted by Crippen LogP contribution is -3.22. The SMILES string of the molecule is O=[N+]([O-])c1ccc(Cl)c(NC(=S)NCC2([NH+]3CCCCC3)CCCCC2)c1. The Morgan fingerprint density at radius 3 is 2.52 bits per heavy atom. The van der Waals surface area contributed by atoms with E-state index >= 15 is 0 Å². The molecule has 1 aromatic rings. The van der Waals surface area contributed by atoms with E-state index in [1.807, 2.05) is 0 Å². The smallest absolute Gasteiger partial charge is 0.271 e. The number of nitro groups is 1. The lowest BCUT2D eigenvalue weighted by molar-refractivity contribution is -0.957. The normalized spacial score (nSPS) is 20.0. The second-order valence-electron chi connectivity index (χ2n) is 7.73. The standard InChI is InChI=1S/C19H27ClN4O2S/c20-16-8-7-15(24(25)26)13-17(16)22-18(27)21-14-19(9-3-1-4-10-19)23-11-5-2-6-12-23/h7-8,13H,1-6,9-12,14H2,(H2,21,22,27)/p+1. The Bertz CT molecular complexity index is 688. The maximum Gasteiger partial charge on any atom is 0.271 e. The molecule has 0 unspecified atom stereocenters. The van der Waals surface area contributed by atoms with E-state index in [1.54, 1.807) is 4.90 Å². The van der Waals surface area contributed by atoms with Crippen LogP contribution in [-0.2, 0) is 0 Å². The summed E-state index contributed by atoms with van der Waals surface area (Å²) >= 11 is 11.6. The Hall–Kier alpha value is -1.44. The number of hydrogen-bond acceptors (Lipinski definition) is 3. The highest BCUT2D eigenvalue weighted by atomic mass is 35.5. The van der Waals surface area contributed by atoms with E-state index in [1.165, 1.54) is 82.7 Å². The van der Waals surface area contributed by atoms with Gasteiger partial charge in [0.15, 0.2) is 5.11 Å². The van der Waals surface area contributed by atoms with Crippen LogP contribution in [0.4, 0.5) is 11.4 Å². The molecule has 0 amide bonds. The predicted octanol–water partition coefficient (Wildman–Crippen LogP) is 3.31. The van der Waals surface area contributed by atoms with Gasteiger partial charge in [0.25, 0.3) is 5.69 Å². The summed E-state index contributed by atoms with van der Waals surface area (Å²) in [5.41, 5.74) is 0.703. The van der Waals surface area contributed by atoms with Gasteiger partial charge in [-0.2, -0.15) is 0 Å². The van der Waals surface area contributed by atoms with Gasteiger partial charge in [-0.05, 0) is 50.4 Å². The van der Waals surface area contributed by atoms with Crippen molar-refractivity contribution >= 4 is 40.3 Å². The van der Waals surface area contributed by atoms with Crippen molar-refractivity contribution in [3.8, 4) is 0 Å². The van der Waals surface area contributed by atoms with Crippen LogP contribution in [0.5, 0.6) is 0 Å². The van der Waals surface area contributed by atoms with Crippen LogP contribution in [0.2, 0.25) is 5.02 Å². The number of non-ortho nitro benzene ring substituents is 1. The quantitative estimate of drug-likeness (QED) is 0.394. The highest BCUT2D eigenvalue weighted by Gasteiger charge is 2.42. The average Bonchev–Trinajstić information content (AvgIpc) is 2.69. The molecule has 0 atom stereocenters. The van der Waals surface area contributed by atoms with E-state index in [0.717, 1.165) is 6.54 Å². The second kappa shape index (κ2) is 9.17. The van der Waals surface area contributed by atoms with Crippen LogP contribution in [0.3, 0.4) is 0 Å². The highest BCUT2D eigenvalue weighted by Crippen LogP contribution is 2.28. The molecule has 0 aromatic heterocycles. The number of benzene rings is 1. The number of thiocarbonyl (C=S) groups is 1. The van der Waals surface area contributed by atoms with Gasteiger partial charge in [0.2, 0.25) is 0 Å². The fraction of sp³-hybridized carbons (Fsp3) is 0.632. The number of nitro benzene ring substituents is 1. The largest absolute Gasteiger partial charge is 0.356 e. The summed E-state index contributed by atoms with van der Waals surface area (Å²) in [4.78, 5) is 12.3. The Balaban J connectivity index is 1.64. The first-order valence-electron chi connectivity index (χ1n) is 9.84. The number of piperidine rings is 1. The molecule has 148 valence electrons. The van der Waals surface area contributed by atoms with Crippen LogP contribution >= 0.6 is 23.8 Å². The van der Waals surface area contributed by atoms with E-state index in [2.05, 4.69) is 10.6 Å². The summed E-state index contributed by atoms with van der Waals surface area (Å²) in [6, 6.07) is 4.33. The molecule has 27 heavy (non-hydrogen) atoms. The third kappa shape index (κ3) is 5.09. The molecule has 1 aromatic carbocycles. The number of hydrogen-bond donors (Lipinski definition) is 3. The third-order valence-corrected chi connectivity index (χ3v) is 6.59. The van der Waals surface area contributed by atoms with Crippen LogP contribution in [0, 0.1) is 10.1 Å². The monoisotopic (exact) mass is 411 g/mol. The molecule has 2 fully saturated rings. The van der Waals surface area contributed by atoms with Crippen molar-refractivity contribution in [2.45, 2.75) is 56.9 Å². The van der Waals surface area contributed by atoms with Crippen LogP contribution < -0.4 is 15.5 Å². The van der Waals surface area contributed by atoms with Crippen LogP contribution in [-0.4, -0.2) is 35.2 Å². The summed E-state index contributed by atoms with van der Waals surface area (Å²) in [7, 11) is 0. The molecule has 1 aliphatic heterocycles. The molecule has 1 aliphatic carbocycles. The van der Waals surface area contributed by atoms with Gasteiger partial charge in [-0.15, -0.1) is 0 Å². The van der Waals surface area contributed by atoms with Crippen molar-refractivity contribution in [3.05, 3.63) is 33.3 Å². The van der Waals surface area contributed by atoms with Crippen LogP contribution in [0.25, 0.3) is 0 Å². The Labute approximate surface area is 170 Å². The van der Waals surface area contributed by atoms with Crippen molar-refractivity contribution in [1.82, 2.24) is 5.32 Å². The minimum atomic E-state index is -0.436. The van der Waals surface area contributed by atoms with Crippen molar-refractivity contribution in [1.29, 1.82) is 0 Å². The minimum Gasteiger partial charge on any atom is -0.356 e. The average molecular weight is 412 g/mol. The van der Waals surface area contributed by atoms with E-state index in [-0.39, 0.29) is 11.2 Å². The lowest BCUT2D eigenvalue weighted by atomic mass is 9.79. The fourth-order valence-electron chi connectivity index (χ4n) is 4.53. The molecular weight excluding hydrogens is 384 g/mol. The number of nitrogens with one attached hydrogen (secondary N) is 3. The molecule has 0 spiro atoms. The number of nitrogens with zero attached hydrogens (tertiary/aromatic N) is 1. The zero-order valence-electron chi connectivity index (χ0n) is 15.6. The van der Waals surface area contributed by atoms with Gasteiger partial charge < -0.3 is 15.5 Å². The molecule has 3 rings (SSSR count). The lowest BCUT2D eigenvalue weighted by Gasteiger charge is -2.45. The zero-order chi connectivity index (χ0) is 19.3. The van der Waals surface area contributed by atoms with Gasteiger partial charge in [-0.3, -0.25) is 10.1 Å². The fourth-order valence-corrected chi connectivity index (χ4v) is 4.88. The maximum absolute atomic E-state index is 11.0. The van der Waals surface area contributed by atoms with E-state index < -0.39 is 4.92 Å². The maximum atomic E-state index is 11.0. The number of halogens is 1. The van der Waals surface area contributed by atoms with Gasteiger partial charge >= 0.3 is 0 Å². The van der Waals surface area contributed by atoms with Crippen LogP contribution in [0.15, 0.2) is 18.2 Å². The van der Waals surface area contributed by atoms with Gasteiger partial charge in [0, 0.05) is 25.0 Å². The molecule has 0 bridgehead atoms. The molecule has 3 N–H and O–H groups in total. The van der Waals surface area contributed by atoms with Crippen LogP contribution in [0.1, 0.15) is 51.4 Å². The zero-order valence-corrected chi connectivity index (χ0v) is 17.1. The van der Waals surface area contributed by atoms with Gasteiger partial charge in [-0.25, -0.2) is 0 Å². The van der Waals surface area contributed by atoms with Gasteiger partial charge in [-0.1, -0.05) is 18.0 Å². The van der Waals surface area contributed by atoms with Crippen molar-refractivity contribution in [3.63, 3.8) is 0 Å². The number of anilines is 1. The second-order valence-corrected chi connectivity index (χ2v) is 8.55. The van der Waals surface area contributed by atoms with Crippen molar-refractivity contribution in [2.24, 2.45) is 0 Å². The van der Waals surface area contributed by atoms with E-state index in [9.17, 15) is 10.1 Å². The number of likely N-dealkylation sites (tertiary alicyclic amines) is 1. The van der Waals surface area contributed by atoms with Crippen molar-refractivity contribution < 1.29 is 9.82 Å². The van der Waals surface area contributed by atoms with E-state index in [4.69, 9.17) is 23.8 Å². The molecular formula is C19H28ClN4O2S+. The summed E-state index contributed by atoms with van der Waals surface area (Å²) in [6.07, 6.45) is 10.3. The molecule has 1 saturated heterocycles. The molecule has 1 heterocycles. The first-order valence-corrected chi connectivity index (χ1v) is 10.6. The topological polar surface area (TPSA) is 71.6 Å². The predicted molar refractivity (Wildman–Crippen MR) is 113 cm³/mol. The first kappa shape index (κ1) is 20.3. The Morgan fingerprint density at radius 1 is 1.19 bits per heavy atom. The van der Waals surface area contributed by atoms with E-state index in [0.29, 0.717) is 15.8 Å². The summed E-state index contributed by atoms with van der Waals surface area (Å²) in [5, 5.41) is 18.3. The van der Waals surface area contributed by atoms with Crippen molar-refractivity contribution in [2.75, 3.05) is 25.0 Å². The first-order chi connectivity index (χ1) is 13.0. The molecule has 1 saturated carbocycles. The number of quaternary nitrogens is 1. The number of rotatable bonds is 5. The minimum absolute atomic E-state index is 0.00814.